The van der Waals surface area contributed by atoms with Crippen molar-refractivity contribution in [2.24, 2.45) is 0 Å². The number of fused-ring (bicyclic) bond motifs is 5. The molecule has 3 atom stereocenters. The van der Waals surface area contributed by atoms with Gasteiger partial charge in [0.2, 0.25) is 0 Å². The summed E-state index contributed by atoms with van der Waals surface area (Å²) in [5, 5.41) is 3.65. The van der Waals surface area contributed by atoms with Crippen LogP contribution in [0.2, 0.25) is 0 Å². The summed E-state index contributed by atoms with van der Waals surface area (Å²) in [4.78, 5) is 13.0. The molecule has 2 aliphatic heterocycles. The number of benzene rings is 3. The fourth-order valence-electron chi connectivity index (χ4n) is 4.59. The van der Waals surface area contributed by atoms with Gasteiger partial charge >= 0.3 is 5.97 Å². The maximum Gasteiger partial charge on any atom is 0.337 e. The van der Waals surface area contributed by atoms with E-state index in [2.05, 4.69) is 29.6 Å². The number of hydrogen-bond acceptors (Lipinski definition) is 4. The Bertz CT molecular complexity index is 1090. The molecule has 0 aromatic heterocycles. The second-order valence-electron chi connectivity index (χ2n) is 7.52. The van der Waals surface area contributed by atoms with Crippen LogP contribution in [0, 0.1) is 0 Å². The summed E-state index contributed by atoms with van der Waals surface area (Å²) in [5.74, 6) is -0.328. The van der Waals surface area contributed by atoms with Crippen LogP contribution in [0.15, 0.2) is 96.6 Å². The number of carbonyl (C=O) groups is 1. The molecule has 0 fully saturated rings. The summed E-state index contributed by atoms with van der Waals surface area (Å²) in [6, 6.07) is 28.0. The highest BCUT2D eigenvalue weighted by molar-refractivity contribution is 5.93. The summed E-state index contributed by atoms with van der Waals surface area (Å²) >= 11 is 0. The monoisotopic (exact) mass is 397 g/mol. The lowest BCUT2D eigenvalue weighted by atomic mass is 9.74. The van der Waals surface area contributed by atoms with E-state index in [0.29, 0.717) is 12.2 Å². The summed E-state index contributed by atoms with van der Waals surface area (Å²) in [6.07, 6.45) is 1.66. The first-order chi connectivity index (χ1) is 14.7. The zero-order valence-electron chi connectivity index (χ0n) is 16.7. The van der Waals surface area contributed by atoms with Gasteiger partial charge in [0.15, 0.2) is 5.60 Å². The van der Waals surface area contributed by atoms with E-state index in [1.165, 1.54) is 0 Å². The smallest absolute Gasteiger partial charge is 0.337 e. The summed E-state index contributed by atoms with van der Waals surface area (Å²) in [5.41, 5.74) is 3.70. The minimum absolute atomic E-state index is 0.260. The Hall–Kier alpha value is -3.37. The predicted molar refractivity (Wildman–Crippen MR) is 116 cm³/mol. The van der Waals surface area contributed by atoms with Crippen LogP contribution in [0.1, 0.15) is 35.8 Å². The fraction of sp³-hybridized carbons (Fsp3) is 0.192. The highest BCUT2D eigenvalue weighted by atomic mass is 16.5. The first-order valence-electron chi connectivity index (χ1n) is 10.3. The van der Waals surface area contributed by atoms with Crippen molar-refractivity contribution in [3.8, 4) is 0 Å². The van der Waals surface area contributed by atoms with E-state index in [-0.39, 0.29) is 18.1 Å². The molecule has 0 saturated heterocycles. The molecule has 0 aliphatic carbocycles. The van der Waals surface area contributed by atoms with Crippen molar-refractivity contribution < 1.29 is 14.3 Å². The van der Waals surface area contributed by atoms with Crippen molar-refractivity contribution in [1.29, 1.82) is 0 Å². The zero-order valence-corrected chi connectivity index (χ0v) is 16.7. The molecule has 0 saturated carbocycles. The van der Waals surface area contributed by atoms with Crippen molar-refractivity contribution in [3.05, 3.63) is 113 Å². The Morgan fingerprint density at radius 2 is 1.67 bits per heavy atom. The number of esters is 1. The van der Waals surface area contributed by atoms with Crippen LogP contribution in [0.5, 0.6) is 0 Å². The average molecular weight is 397 g/mol. The topological polar surface area (TPSA) is 47.6 Å². The average Bonchev–Trinajstić information content (AvgIpc) is 3.35. The quantitative estimate of drug-likeness (QED) is 0.573. The molecule has 1 N–H and O–H groups in total. The van der Waals surface area contributed by atoms with Gasteiger partial charge in [0.05, 0.1) is 18.2 Å². The van der Waals surface area contributed by atoms with Crippen LogP contribution in [0.4, 0.5) is 5.69 Å². The third-order valence-electron chi connectivity index (χ3n) is 5.82. The van der Waals surface area contributed by atoms with Crippen LogP contribution in [-0.4, -0.2) is 12.6 Å². The van der Waals surface area contributed by atoms with E-state index in [4.69, 9.17) is 9.47 Å². The molecule has 2 bridgehead atoms. The summed E-state index contributed by atoms with van der Waals surface area (Å²) < 4.78 is 12.1. The van der Waals surface area contributed by atoms with Crippen molar-refractivity contribution in [2.75, 3.05) is 11.9 Å². The molecular weight excluding hydrogens is 374 g/mol. The van der Waals surface area contributed by atoms with E-state index in [1.54, 1.807) is 0 Å². The molecule has 30 heavy (non-hydrogen) atoms. The van der Waals surface area contributed by atoms with Gasteiger partial charge in [0.25, 0.3) is 0 Å². The Morgan fingerprint density at radius 1 is 1.00 bits per heavy atom. The zero-order chi connectivity index (χ0) is 20.6. The molecule has 3 unspecified atom stereocenters. The van der Waals surface area contributed by atoms with Crippen molar-refractivity contribution in [2.45, 2.75) is 24.7 Å². The predicted octanol–water partition coefficient (Wildman–Crippen LogP) is 5.31. The normalized spacial score (nSPS) is 22.2. The third kappa shape index (κ3) is 2.84. The molecule has 3 aromatic carbocycles. The first kappa shape index (κ1) is 18.6. The van der Waals surface area contributed by atoms with Crippen LogP contribution >= 0.6 is 0 Å². The van der Waals surface area contributed by atoms with Gasteiger partial charge < -0.3 is 14.8 Å². The van der Waals surface area contributed by atoms with Gasteiger partial charge in [-0.2, -0.15) is 0 Å². The largest absolute Gasteiger partial charge is 0.463 e. The van der Waals surface area contributed by atoms with Gasteiger partial charge in [-0.05, 0) is 41.8 Å². The molecule has 150 valence electrons. The van der Waals surface area contributed by atoms with Crippen LogP contribution in [0.25, 0.3) is 0 Å². The van der Waals surface area contributed by atoms with E-state index < -0.39 is 5.60 Å². The lowest BCUT2D eigenvalue weighted by Gasteiger charge is -2.38. The van der Waals surface area contributed by atoms with E-state index >= 15 is 0 Å². The molecular formula is C26H23NO3. The maximum atomic E-state index is 13.0. The molecule has 0 spiro atoms. The Balaban J connectivity index is 1.70. The van der Waals surface area contributed by atoms with Gasteiger partial charge in [-0.3, -0.25) is 0 Å². The lowest BCUT2D eigenvalue weighted by molar-refractivity contribution is -0.141. The first-order valence-corrected chi connectivity index (χ1v) is 10.3. The van der Waals surface area contributed by atoms with Gasteiger partial charge in [-0.1, -0.05) is 72.8 Å². The SMILES string of the molecule is CCOC(=O)C1=CC2OC1(C(Nc1ccccc1)c1ccccc1)c1ccccc12. The molecule has 5 rings (SSSR count). The van der Waals surface area contributed by atoms with Crippen molar-refractivity contribution in [1.82, 2.24) is 0 Å². The molecule has 0 amide bonds. The Kier molecular flexibility index (Phi) is 4.64. The molecule has 3 aromatic rings. The number of para-hydroxylation sites is 1. The standard InChI is InChI=1S/C26H23NO3/c1-2-29-25(28)22-17-23-20-15-9-10-16-21(20)26(22,30-23)24(18-11-5-3-6-12-18)27-19-13-7-4-8-14-19/h3-17,23-24,27H,2H2,1H3. The second kappa shape index (κ2) is 7.47. The lowest BCUT2D eigenvalue weighted by Crippen LogP contribution is -2.41. The summed E-state index contributed by atoms with van der Waals surface area (Å²) in [6.45, 7) is 2.14. The number of carbonyl (C=O) groups excluding carboxylic acids is 1. The third-order valence-corrected chi connectivity index (χ3v) is 5.82. The Morgan fingerprint density at radius 3 is 2.40 bits per heavy atom. The highest BCUT2D eigenvalue weighted by Crippen LogP contribution is 2.60. The highest BCUT2D eigenvalue weighted by Gasteiger charge is 2.59. The Labute approximate surface area is 176 Å². The van der Waals surface area contributed by atoms with Crippen LogP contribution in [0.3, 0.4) is 0 Å². The van der Waals surface area contributed by atoms with Gasteiger partial charge in [-0.25, -0.2) is 4.79 Å². The number of hydrogen-bond donors (Lipinski definition) is 1. The van der Waals surface area contributed by atoms with Crippen molar-refractivity contribution >= 4 is 11.7 Å². The number of rotatable bonds is 6. The summed E-state index contributed by atoms with van der Waals surface area (Å²) in [7, 11) is 0. The molecule has 2 aliphatic rings. The number of nitrogens with one attached hydrogen (secondary N) is 1. The number of anilines is 1. The van der Waals surface area contributed by atoms with Crippen molar-refractivity contribution in [3.63, 3.8) is 0 Å². The molecule has 2 heterocycles. The fourth-order valence-corrected chi connectivity index (χ4v) is 4.59. The van der Waals surface area contributed by atoms with Gasteiger partial charge in [0.1, 0.15) is 6.10 Å². The molecule has 4 heteroatoms. The van der Waals surface area contributed by atoms with Crippen LogP contribution in [-0.2, 0) is 19.9 Å². The van der Waals surface area contributed by atoms with Crippen LogP contribution < -0.4 is 5.32 Å². The molecule has 4 nitrogen and oxygen atoms in total. The van der Waals surface area contributed by atoms with Gasteiger partial charge in [-0.15, -0.1) is 0 Å². The number of ether oxygens (including phenoxy) is 2. The van der Waals surface area contributed by atoms with Gasteiger partial charge in [0, 0.05) is 5.69 Å². The maximum absolute atomic E-state index is 13.0. The van der Waals surface area contributed by atoms with E-state index in [9.17, 15) is 4.79 Å². The minimum Gasteiger partial charge on any atom is -0.463 e. The van der Waals surface area contributed by atoms with E-state index in [0.717, 1.165) is 22.4 Å². The molecule has 0 radical (unpaired) electrons. The minimum atomic E-state index is -0.968. The van der Waals surface area contributed by atoms with E-state index in [1.807, 2.05) is 73.7 Å². The second-order valence-corrected chi connectivity index (χ2v) is 7.52.